The standard InChI is InChI=1S/C10H6Cl4O4/c1-3-6(11)4(10(16)18-14)5(9(15)17-2)8(13)7(3)12/h1-2H3. The zero-order chi connectivity index (χ0) is 14.0. The Balaban J connectivity index is 3.75. The summed E-state index contributed by atoms with van der Waals surface area (Å²) in [6.45, 7) is 1.53. The lowest BCUT2D eigenvalue weighted by atomic mass is 10.0. The maximum Gasteiger partial charge on any atom is 0.358 e. The number of esters is 1. The number of hydrogen-bond donors (Lipinski definition) is 0. The van der Waals surface area contributed by atoms with Crippen molar-refractivity contribution in [3.63, 3.8) is 0 Å². The molecule has 0 heterocycles. The van der Waals surface area contributed by atoms with E-state index in [9.17, 15) is 9.59 Å². The molecule has 0 N–H and O–H groups in total. The Hall–Kier alpha value is -0.680. The first-order valence-electron chi connectivity index (χ1n) is 4.45. The molecule has 8 heteroatoms. The number of rotatable bonds is 2. The van der Waals surface area contributed by atoms with Crippen LogP contribution >= 0.6 is 46.7 Å². The smallest absolute Gasteiger partial charge is 0.358 e. The molecule has 0 saturated heterocycles. The van der Waals surface area contributed by atoms with Crippen molar-refractivity contribution in [2.45, 2.75) is 6.92 Å². The van der Waals surface area contributed by atoms with Gasteiger partial charge >= 0.3 is 11.9 Å². The van der Waals surface area contributed by atoms with Crippen LogP contribution in [0.25, 0.3) is 0 Å². The highest BCUT2D eigenvalue weighted by molar-refractivity contribution is 6.47. The van der Waals surface area contributed by atoms with Crippen molar-refractivity contribution >= 4 is 58.6 Å². The highest BCUT2D eigenvalue weighted by atomic mass is 35.5. The summed E-state index contributed by atoms with van der Waals surface area (Å²) >= 11 is 22.7. The van der Waals surface area contributed by atoms with E-state index in [1.54, 1.807) is 0 Å². The summed E-state index contributed by atoms with van der Waals surface area (Å²) in [4.78, 5) is 23.2. The highest BCUT2D eigenvalue weighted by Gasteiger charge is 2.29. The van der Waals surface area contributed by atoms with Gasteiger partial charge < -0.3 is 9.03 Å². The van der Waals surface area contributed by atoms with Gasteiger partial charge in [0.15, 0.2) is 0 Å². The third kappa shape index (κ3) is 2.52. The van der Waals surface area contributed by atoms with Gasteiger partial charge in [-0.3, -0.25) is 0 Å². The van der Waals surface area contributed by atoms with Gasteiger partial charge in [0.2, 0.25) is 0 Å². The maximum atomic E-state index is 11.6. The number of hydrogen-bond acceptors (Lipinski definition) is 4. The summed E-state index contributed by atoms with van der Waals surface area (Å²) in [6, 6.07) is 0. The van der Waals surface area contributed by atoms with Crippen LogP contribution in [0.15, 0.2) is 0 Å². The molecule has 0 amide bonds. The first-order valence-corrected chi connectivity index (χ1v) is 5.89. The lowest BCUT2D eigenvalue weighted by molar-refractivity contribution is 0.0589. The minimum Gasteiger partial charge on any atom is -0.465 e. The van der Waals surface area contributed by atoms with Gasteiger partial charge in [-0.05, 0) is 12.5 Å². The fourth-order valence-electron chi connectivity index (χ4n) is 1.30. The second-order valence-electron chi connectivity index (χ2n) is 3.17. The summed E-state index contributed by atoms with van der Waals surface area (Å²) in [5, 5.41) is -0.175. The molecule has 98 valence electrons. The molecule has 0 aromatic heterocycles. The van der Waals surface area contributed by atoms with E-state index >= 15 is 0 Å². The van der Waals surface area contributed by atoms with Gasteiger partial charge in [0.1, 0.15) is 11.9 Å². The summed E-state index contributed by atoms with van der Waals surface area (Å²) in [7, 11) is 1.12. The van der Waals surface area contributed by atoms with E-state index in [0.717, 1.165) is 7.11 Å². The molecule has 0 aliphatic rings. The van der Waals surface area contributed by atoms with Crippen LogP contribution in [-0.2, 0) is 9.03 Å². The maximum absolute atomic E-state index is 11.6. The largest absolute Gasteiger partial charge is 0.465 e. The van der Waals surface area contributed by atoms with Crippen molar-refractivity contribution in [2.24, 2.45) is 0 Å². The van der Waals surface area contributed by atoms with Crippen LogP contribution in [0.2, 0.25) is 15.1 Å². The molecule has 0 fully saturated rings. The lowest BCUT2D eigenvalue weighted by Crippen LogP contribution is -2.13. The summed E-state index contributed by atoms with van der Waals surface area (Å²) in [5.41, 5.74) is -0.246. The number of carbonyl (C=O) groups is 2. The third-order valence-corrected chi connectivity index (χ3v) is 3.76. The second-order valence-corrected chi connectivity index (χ2v) is 4.46. The number of ether oxygens (including phenoxy) is 1. The molecule has 0 spiro atoms. The molecule has 4 nitrogen and oxygen atoms in total. The van der Waals surface area contributed by atoms with Crippen molar-refractivity contribution < 1.29 is 18.6 Å². The quantitative estimate of drug-likeness (QED) is 0.606. The number of halogens is 4. The normalized spacial score (nSPS) is 10.1. The first-order chi connectivity index (χ1) is 8.36. The van der Waals surface area contributed by atoms with E-state index in [4.69, 9.17) is 46.7 Å². The van der Waals surface area contributed by atoms with Crippen molar-refractivity contribution in [1.29, 1.82) is 0 Å². The molecule has 0 unspecified atom stereocenters. The summed E-state index contributed by atoms with van der Waals surface area (Å²) in [6.07, 6.45) is 0. The first kappa shape index (κ1) is 15.4. The molecule has 1 aromatic carbocycles. The molecule has 0 aliphatic carbocycles. The highest BCUT2D eigenvalue weighted by Crippen LogP contribution is 2.38. The van der Waals surface area contributed by atoms with Crippen LogP contribution < -0.4 is 0 Å². The Morgan fingerprint density at radius 3 is 1.89 bits per heavy atom. The molecular weight excluding hydrogens is 326 g/mol. The number of carbonyl (C=O) groups excluding carboxylic acids is 2. The molecule has 0 aliphatic heterocycles. The van der Waals surface area contributed by atoms with Crippen LogP contribution in [0.3, 0.4) is 0 Å². The molecule has 1 aromatic rings. The van der Waals surface area contributed by atoms with Crippen LogP contribution in [0.4, 0.5) is 0 Å². The second kappa shape index (κ2) is 5.97. The summed E-state index contributed by atoms with van der Waals surface area (Å²) < 4.78 is 8.55. The average Bonchev–Trinajstić information content (AvgIpc) is 2.38. The Morgan fingerprint density at radius 2 is 1.44 bits per heavy atom. The molecule has 0 bridgehead atoms. The van der Waals surface area contributed by atoms with E-state index < -0.39 is 11.9 Å². The average molecular weight is 332 g/mol. The fraction of sp³-hybridized carbons (Fsp3) is 0.200. The molecule has 0 saturated carbocycles. The Morgan fingerprint density at radius 1 is 0.944 bits per heavy atom. The van der Waals surface area contributed by atoms with Gasteiger partial charge in [0, 0.05) is 0 Å². The minimum absolute atomic E-state index is 0.0492. The topological polar surface area (TPSA) is 52.6 Å². The van der Waals surface area contributed by atoms with E-state index in [0.29, 0.717) is 5.56 Å². The van der Waals surface area contributed by atoms with Gasteiger partial charge in [-0.1, -0.05) is 34.8 Å². The van der Waals surface area contributed by atoms with Crippen molar-refractivity contribution in [2.75, 3.05) is 7.11 Å². The molecule has 0 atom stereocenters. The predicted octanol–water partition coefficient (Wildman–Crippen LogP) is 4.05. The molecule has 1 rings (SSSR count). The van der Waals surface area contributed by atoms with Crippen LogP contribution in [0, 0.1) is 6.92 Å². The van der Waals surface area contributed by atoms with Gasteiger partial charge in [-0.15, -0.1) is 0 Å². The monoisotopic (exact) mass is 330 g/mol. The zero-order valence-corrected chi connectivity index (χ0v) is 12.2. The molecule has 18 heavy (non-hydrogen) atoms. The number of benzene rings is 1. The third-order valence-electron chi connectivity index (χ3n) is 2.20. The van der Waals surface area contributed by atoms with Crippen LogP contribution in [-0.4, -0.2) is 19.0 Å². The van der Waals surface area contributed by atoms with Gasteiger partial charge in [0.25, 0.3) is 0 Å². The number of methoxy groups -OCH3 is 1. The van der Waals surface area contributed by atoms with Gasteiger partial charge in [0.05, 0.1) is 33.3 Å². The van der Waals surface area contributed by atoms with E-state index in [1.807, 2.05) is 0 Å². The summed E-state index contributed by atoms with van der Waals surface area (Å²) in [5.74, 6) is -1.90. The van der Waals surface area contributed by atoms with E-state index in [-0.39, 0.29) is 26.2 Å². The lowest BCUT2D eigenvalue weighted by Gasteiger charge is -2.13. The van der Waals surface area contributed by atoms with Crippen molar-refractivity contribution in [1.82, 2.24) is 0 Å². The van der Waals surface area contributed by atoms with Gasteiger partial charge in [-0.2, -0.15) is 0 Å². The Labute approximate surface area is 123 Å². The van der Waals surface area contributed by atoms with Crippen LogP contribution in [0.1, 0.15) is 26.3 Å². The SMILES string of the molecule is COC(=O)c1c(Cl)c(Cl)c(C)c(Cl)c1C(=O)OCl. The van der Waals surface area contributed by atoms with E-state index in [2.05, 4.69) is 9.03 Å². The zero-order valence-electron chi connectivity index (χ0n) is 9.14. The van der Waals surface area contributed by atoms with Crippen molar-refractivity contribution in [3.05, 3.63) is 31.8 Å². The predicted molar refractivity (Wildman–Crippen MR) is 68.8 cm³/mol. The Kier molecular flexibility index (Phi) is 5.10. The minimum atomic E-state index is -1.02. The molecule has 0 radical (unpaired) electrons. The van der Waals surface area contributed by atoms with E-state index in [1.165, 1.54) is 6.92 Å². The van der Waals surface area contributed by atoms with Crippen LogP contribution in [0.5, 0.6) is 0 Å². The van der Waals surface area contributed by atoms with Gasteiger partial charge in [-0.25, -0.2) is 9.59 Å². The Bertz CT molecular complexity index is 480. The molecular formula is C10H6Cl4O4. The fourth-order valence-corrected chi connectivity index (χ4v) is 2.20. The van der Waals surface area contributed by atoms with Crippen molar-refractivity contribution in [3.8, 4) is 0 Å².